The Morgan fingerprint density at radius 1 is 1.29 bits per heavy atom. The van der Waals surface area contributed by atoms with Crippen LogP contribution >= 0.6 is 0 Å². The molecule has 1 aromatic carbocycles. The van der Waals surface area contributed by atoms with Crippen molar-refractivity contribution in [2.45, 2.75) is 6.92 Å². The Labute approximate surface area is 120 Å². The van der Waals surface area contributed by atoms with E-state index in [-0.39, 0.29) is 5.69 Å². The van der Waals surface area contributed by atoms with E-state index in [0.29, 0.717) is 22.8 Å². The number of nitrogen functional groups attached to an aromatic ring is 1. The van der Waals surface area contributed by atoms with Crippen molar-refractivity contribution in [1.29, 1.82) is 0 Å². The molecule has 0 aliphatic rings. The average Bonchev–Trinajstić information content (AvgIpc) is 2.79. The number of carbonyl (C=O) groups excluding carboxylic acids is 2. The van der Waals surface area contributed by atoms with Crippen molar-refractivity contribution in [3.8, 4) is 0 Å². The van der Waals surface area contributed by atoms with Crippen molar-refractivity contribution in [3.63, 3.8) is 0 Å². The van der Waals surface area contributed by atoms with Gasteiger partial charge in [-0.25, -0.2) is 4.79 Å². The number of aromatic amines is 1. The van der Waals surface area contributed by atoms with Crippen molar-refractivity contribution in [2.75, 3.05) is 23.5 Å². The molecule has 0 atom stereocenters. The Bertz CT molecular complexity index is 680. The molecule has 5 N–H and O–H groups in total. The van der Waals surface area contributed by atoms with Gasteiger partial charge in [0.2, 0.25) is 0 Å². The Hall–Kier alpha value is -3.03. The van der Waals surface area contributed by atoms with Crippen LogP contribution in [-0.2, 0) is 4.74 Å². The molecule has 0 bridgehead atoms. The van der Waals surface area contributed by atoms with Gasteiger partial charge in [0, 0.05) is 11.4 Å². The van der Waals surface area contributed by atoms with E-state index < -0.39 is 12.0 Å². The molecule has 0 saturated carbocycles. The molecule has 2 aromatic rings. The first-order chi connectivity index (χ1) is 10.0. The number of nitrogens with two attached hydrogens (primary N) is 1. The SMILES string of the molecule is COC(=O)Nc1cccc(NC(=O)c2n[nH]c(C)c2N)c1. The maximum Gasteiger partial charge on any atom is 0.411 e. The molecule has 0 radical (unpaired) electrons. The molecule has 0 aliphatic carbocycles. The molecule has 0 fully saturated rings. The fraction of sp³-hybridized carbons (Fsp3) is 0.154. The van der Waals surface area contributed by atoms with Crippen LogP contribution < -0.4 is 16.4 Å². The van der Waals surface area contributed by atoms with E-state index in [4.69, 9.17) is 5.73 Å². The first kappa shape index (κ1) is 14.4. The summed E-state index contributed by atoms with van der Waals surface area (Å²) in [5.74, 6) is -0.438. The van der Waals surface area contributed by atoms with Gasteiger partial charge in [-0.15, -0.1) is 0 Å². The number of benzene rings is 1. The lowest BCUT2D eigenvalue weighted by molar-refractivity contribution is 0.102. The van der Waals surface area contributed by atoms with E-state index in [0.717, 1.165) is 0 Å². The van der Waals surface area contributed by atoms with Gasteiger partial charge in [0.05, 0.1) is 18.5 Å². The summed E-state index contributed by atoms with van der Waals surface area (Å²) >= 11 is 0. The van der Waals surface area contributed by atoms with Gasteiger partial charge in [0.1, 0.15) is 0 Å². The van der Waals surface area contributed by atoms with Crippen molar-refractivity contribution in [1.82, 2.24) is 10.2 Å². The van der Waals surface area contributed by atoms with Crippen molar-refractivity contribution in [3.05, 3.63) is 35.7 Å². The second-order valence-corrected chi connectivity index (χ2v) is 4.26. The lowest BCUT2D eigenvalue weighted by Gasteiger charge is -2.07. The number of nitrogens with zero attached hydrogens (tertiary/aromatic N) is 1. The van der Waals surface area contributed by atoms with Crippen LogP contribution in [0.5, 0.6) is 0 Å². The number of anilines is 3. The smallest absolute Gasteiger partial charge is 0.411 e. The minimum Gasteiger partial charge on any atom is -0.453 e. The number of nitrogens with one attached hydrogen (secondary N) is 3. The summed E-state index contributed by atoms with van der Waals surface area (Å²) in [6.45, 7) is 1.72. The topological polar surface area (TPSA) is 122 Å². The molecular weight excluding hydrogens is 274 g/mol. The third-order valence-corrected chi connectivity index (χ3v) is 2.76. The maximum atomic E-state index is 12.1. The number of H-pyrrole nitrogens is 1. The summed E-state index contributed by atoms with van der Waals surface area (Å²) in [5.41, 5.74) is 7.78. The monoisotopic (exact) mass is 289 g/mol. The molecule has 8 nitrogen and oxygen atoms in total. The lowest BCUT2D eigenvalue weighted by Crippen LogP contribution is -2.15. The van der Waals surface area contributed by atoms with Crippen molar-refractivity contribution in [2.24, 2.45) is 0 Å². The fourth-order valence-electron chi connectivity index (χ4n) is 1.64. The van der Waals surface area contributed by atoms with E-state index in [1.165, 1.54) is 7.11 Å². The highest BCUT2D eigenvalue weighted by atomic mass is 16.5. The number of ether oxygens (including phenoxy) is 1. The number of hydrogen-bond donors (Lipinski definition) is 4. The van der Waals surface area contributed by atoms with E-state index >= 15 is 0 Å². The number of methoxy groups -OCH3 is 1. The largest absolute Gasteiger partial charge is 0.453 e. The Kier molecular flexibility index (Phi) is 4.07. The molecule has 0 aliphatic heterocycles. The van der Waals surface area contributed by atoms with Crippen LogP contribution in [-0.4, -0.2) is 29.3 Å². The van der Waals surface area contributed by atoms with Crippen LogP contribution in [0.25, 0.3) is 0 Å². The average molecular weight is 289 g/mol. The summed E-state index contributed by atoms with van der Waals surface area (Å²) in [6.07, 6.45) is -0.592. The van der Waals surface area contributed by atoms with Gasteiger partial charge < -0.3 is 15.8 Å². The Balaban J connectivity index is 2.12. The minimum atomic E-state index is -0.592. The lowest BCUT2D eigenvalue weighted by atomic mass is 10.2. The number of amides is 2. The normalized spacial score (nSPS) is 10.0. The maximum absolute atomic E-state index is 12.1. The van der Waals surface area contributed by atoms with Crippen molar-refractivity contribution < 1.29 is 14.3 Å². The highest BCUT2D eigenvalue weighted by Crippen LogP contribution is 2.18. The van der Waals surface area contributed by atoms with Crippen LogP contribution in [0.1, 0.15) is 16.2 Å². The van der Waals surface area contributed by atoms with Gasteiger partial charge in [-0.05, 0) is 25.1 Å². The summed E-state index contributed by atoms with van der Waals surface area (Å²) in [6, 6.07) is 6.61. The predicted octanol–water partition coefficient (Wildman–Crippen LogP) is 1.73. The molecule has 0 spiro atoms. The van der Waals surface area contributed by atoms with Gasteiger partial charge in [0.15, 0.2) is 5.69 Å². The van der Waals surface area contributed by atoms with Gasteiger partial charge in [0.25, 0.3) is 5.91 Å². The molecular formula is C13H15N5O3. The second kappa shape index (κ2) is 5.95. The number of aryl methyl sites for hydroxylation is 1. The van der Waals surface area contributed by atoms with Crippen LogP contribution in [0.3, 0.4) is 0 Å². The number of rotatable bonds is 3. The third kappa shape index (κ3) is 3.30. The predicted molar refractivity (Wildman–Crippen MR) is 78.2 cm³/mol. The van der Waals surface area contributed by atoms with Gasteiger partial charge in [-0.1, -0.05) is 6.07 Å². The van der Waals surface area contributed by atoms with E-state index in [1.807, 2.05) is 0 Å². The van der Waals surface area contributed by atoms with Crippen LogP contribution in [0.4, 0.5) is 21.9 Å². The second-order valence-electron chi connectivity index (χ2n) is 4.26. The standard InChI is InChI=1S/C13H15N5O3/c1-7-10(14)11(18-17-7)12(19)15-8-4-3-5-9(6-8)16-13(20)21-2/h3-6H,14H2,1-2H3,(H,15,19)(H,16,20)(H,17,18). The van der Waals surface area contributed by atoms with Crippen LogP contribution in [0, 0.1) is 6.92 Å². The van der Waals surface area contributed by atoms with E-state index in [9.17, 15) is 9.59 Å². The summed E-state index contributed by atoms with van der Waals surface area (Å²) in [7, 11) is 1.27. The zero-order valence-electron chi connectivity index (χ0n) is 11.6. The summed E-state index contributed by atoms with van der Waals surface area (Å²) < 4.78 is 4.49. The summed E-state index contributed by atoms with van der Waals surface area (Å²) in [4.78, 5) is 23.2. The fourth-order valence-corrected chi connectivity index (χ4v) is 1.64. The van der Waals surface area contributed by atoms with Crippen LogP contribution in [0.2, 0.25) is 0 Å². The Morgan fingerprint density at radius 2 is 1.95 bits per heavy atom. The molecule has 1 heterocycles. The first-order valence-corrected chi connectivity index (χ1v) is 6.08. The van der Waals surface area contributed by atoms with Gasteiger partial charge >= 0.3 is 6.09 Å². The quantitative estimate of drug-likeness (QED) is 0.685. The zero-order valence-corrected chi connectivity index (χ0v) is 11.6. The molecule has 1 aromatic heterocycles. The van der Waals surface area contributed by atoms with Crippen molar-refractivity contribution >= 4 is 29.1 Å². The molecule has 110 valence electrons. The van der Waals surface area contributed by atoms with E-state index in [1.54, 1.807) is 31.2 Å². The molecule has 2 amide bonds. The highest BCUT2D eigenvalue weighted by molar-refractivity contribution is 6.06. The molecule has 2 rings (SSSR count). The van der Waals surface area contributed by atoms with Gasteiger partial charge in [-0.2, -0.15) is 5.10 Å². The van der Waals surface area contributed by atoms with E-state index in [2.05, 4.69) is 25.6 Å². The summed E-state index contributed by atoms with van der Waals surface area (Å²) in [5, 5.41) is 11.6. The minimum absolute atomic E-state index is 0.124. The number of aromatic nitrogens is 2. The molecule has 0 saturated heterocycles. The van der Waals surface area contributed by atoms with Gasteiger partial charge in [-0.3, -0.25) is 15.2 Å². The molecule has 8 heteroatoms. The number of hydrogen-bond acceptors (Lipinski definition) is 5. The number of carbonyl (C=O) groups is 2. The van der Waals surface area contributed by atoms with Crippen LogP contribution in [0.15, 0.2) is 24.3 Å². The third-order valence-electron chi connectivity index (χ3n) is 2.76. The zero-order chi connectivity index (χ0) is 15.4. The highest BCUT2D eigenvalue weighted by Gasteiger charge is 2.15. The molecule has 0 unspecified atom stereocenters. The Morgan fingerprint density at radius 3 is 2.52 bits per heavy atom. The molecule has 21 heavy (non-hydrogen) atoms. The first-order valence-electron chi connectivity index (χ1n) is 6.08.